The molecule has 25 heavy (non-hydrogen) atoms. The van der Waals surface area contributed by atoms with E-state index in [2.05, 4.69) is 21.5 Å². The number of nitrogens with zero attached hydrogens (tertiary/aromatic N) is 3. The molecule has 0 radical (unpaired) electrons. The van der Waals surface area contributed by atoms with Gasteiger partial charge in [0, 0.05) is 24.4 Å². The van der Waals surface area contributed by atoms with Gasteiger partial charge in [-0.05, 0) is 30.9 Å². The lowest BCUT2D eigenvalue weighted by molar-refractivity contribution is 0.144. The molecule has 2 amide bonds. The zero-order chi connectivity index (χ0) is 18.4. The van der Waals surface area contributed by atoms with Gasteiger partial charge in [-0.1, -0.05) is 19.0 Å². The van der Waals surface area contributed by atoms with E-state index in [4.69, 9.17) is 9.26 Å². The van der Waals surface area contributed by atoms with Crippen LogP contribution in [-0.2, 0) is 11.3 Å². The molecule has 7 nitrogen and oxygen atoms in total. The zero-order valence-electron chi connectivity index (χ0n) is 15.4. The topological polar surface area (TPSA) is 80.5 Å². The van der Waals surface area contributed by atoms with Gasteiger partial charge >= 0.3 is 6.03 Å². The highest BCUT2D eigenvalue weighted by molar-refractivity contribution is 7.10. The molecule has 0 aliphatic rings. The zero-order valence-corrected chi connectivity index (χ0v) is 16.2. The van der Waals surface area contributed by atoms with Crippen LogP contribution < -0.4 is 5.32 Å². The number of amides is 2. The number of rotatable bonds is 8. The smallest absolute Gasteiger partial charge is 0.318 e. The lowest BCUT2D eigenvalue weighted by Crippen LogP contribution is -2.42. The van der Waals surface area contributed by atoms with Crippen LogP contribution in [0.1, 0.15) is 54.9 Å². The van der Waals surface area contributed by atoms with Crippen LogP contribution in [0.15, 0.2) is 16.0 Å². The highest BCUT2D eigenvalue weighted by atomic mass is 32.1. The minimum atomic E-state index is -0.359. The second-order valence-corrected chi connectivity index (χ2v) is 7.26. The number of thiophene rings is 1. The lowest BCUT2D eigenvalue weighted by Gasteiger charge is -2.24. The van der Waals surface area contributed by atoms with Crippen molar-refractivity contribution in [2.24, 2.45) is 0 Å². The molecule has 1 atom stereocenters. The van der Waals surface area contributed by atoms with E-state index in [0.29, 0.717) is 31.4 Å². The third-order valence-electron chi connectivity index (χ3n) is 3.84. The number of aryl methyl sites for hydroxylation is 1. The number of carbonyl (C=O) groups excluding carboxylic acids is 1. The van der Waals surface area contributed by atoms with E-state index >= 15 is 0 Å². The van der Waals surface area contributed by atoms with Gasteiger partial charge in [-0.2, -0.15) is 4.98 Å². The van der Waals surface area contributed by atoms with E-state index in [1.807, 2.05) is 33.1 Å². The molecule has 1 unspecified atom stereocenters. The summed E-state index contributed by atoms with van der Waals surface area (Å²) in [6, 6.07) is 1.52. The molecular formula is C17H26N4O3S. The van der Waals surface area contributed by atoms with Crippen LogP contribution in [-0.4, -0.2) is 41.3 Å². The quantitative estimate of drug-likeness (QED) is 0.773. The highest BCUT2D eigenvalue weighted by Crippen LogP contribution is 2.19. The normalized spacial score (nSPS) is 12.4. The Morgan fingerprint density at radius 1 is 1.44 bits per heavy atom. The Bertz CT molecular complexity index is 683. The van der Waals surface area contributed by atoms with Gasteiger partial charge in [0.05, 0.1) is 13.2 Å². The maximum absolute atomic E-state index is 12.7. The summed E-state index contributed by atoms with van der Waals surface area (Å²) in [5.41, 5.74) is 1.19. The fourth-order valence-corrected chi connectivity index (χ4v) is 3.11. The molecule has 1 N–H and O–H groups in total. The van der Waals surface area contributed by atoms with E-state index in [0.717, 1.165) is 0 Å². The molecule has 0 saturated heterocycles. The first-order valence-electron chi connectivity index (χ1n) is 8.33. The van der Waals surface area contributed by atoms with E-state index in [1.54, 1.807) is 23.3 Å². The minimum absolute atomic E-state index is 0.179. The maximum atomic E-state index is 12.7. The number of aromatic nitrogens is 2. The molecule has 0 fully saturated rings. The lowest BCUT2D eigenvalue weighted by atomic mass is 10.2. The van der Waals surface area contributed by atoms with Crippen LogP contribution in [0.3, 0.4) is 0 Å². The van der Waals surface area contributed by atoms with E-state index in [9.17, 15) is 4.79 Å². The standard InChI is InChI=1S/C17H26N4O3S/c1-11(2)15-19-16(24-20-15)13(4)18-17(22)21(7-8-23-5)10-14-12(3)6-9-25-14/h6,9,11,13H,7-8,10H2,1-5H3,(H,18,22). The van der Waals surface area contributed by atoms with E-state index in [-0.39, 0.29) is 18.0 Å². The van der Waals surface area contributed by atoms with Crippen molar-refractivity contribution in [2.45, 2.75) is 46.2 Å². The van der Waals surface area contributed by atoms with Gasteiger partial charge < -0.3 is 19.5 Å². The average molecular weight is 366 g/mol. The van der Waals surface area contributed by atoms with Crippen LogP contribution in [0.25, 0.3) is 0 Å². The van der Waals surface area contributed by atoms with Crippen molar-refractivity contribution in [3.05, 3.63) is 33.6 Å². The molecule has 2 aromatic heterocycles. The van der Waals surface area contributed by atoms with Crippen molar-refractivity contribution in [3.63, 3.8) is 0 Å². The first kappa shape index (κ1) is 19.4. The van der Waals surface area contributed by atoms with Gasteiger partial charge in [0.2, 0.25) is 5.89 Å². The molecule has 0 bridgehead atoms. The second kappa shape index (κ2) is 8.96. The third-order valence-corrected chi connectivity index (χ3v) is 4.85. The SMILES string of the molecule is COCCN(Cc1sccc1C)C(=O)NC(C)c1nc(C(C)C)no1. The highest BCUT2D eigenvalue weighted by Gasteiger charge is 2.22. The largest absolute Gasteiger partial charge is 0.383 e. The summed E-state index contributed by atoms with van der Waals surface area (Å²) < 4.78 is 10.4. The number of nitrogens with one attached hydrogen (secondary N) is 1. The van der Waals surface area contributed by atoms with Crippen molar-refractivity contribution in [1.29, 1.82) is 0 Å². The van der Waals surface area contributed by atoms with Crippen molar-refractivity contribution in [3.8, 4) is 0 Å². The van der Waals surface area contributed by atoms with E-state index < -0.39 is 0 Å². The second-order valence-electron chi connectivity index (χ2n) is 6.26. The van der Waals surface area contributed by atoms with Crippen molar-refractivity contribution < 1.29 is 14.1 Å². The molecule has 2 aromatic rings. The first-order valence-corrected chi connectivity index (χ1v) is 9.21. The van der Waals surface area contributed by atoms with Crippen molar-refractivity contribution in [1.82, 2.24) is 20.4 Å². The number of methoxy groups -OCH3 is 1. The Morgan fingerprint density at radius 2 is 2.20 bits per heavy atom. The summed E-state index contributed by atoms with van der Waals surface area (Å²) >= 11 is 1.65. The Labute approximate surface area is 152 Å². The first-order chi connectivity index (χ1) is 11.9. The summed E-state index contributed by atoms with van der Waals surface area (Å²) in [5.74, 6) is 1.23. The molecule has 138 valence electrons. The molecule has 0 aliphatic carbocycles. The number of hydrogen-bond acceptors (Lipinski definition) is 6. The average Bonchev–Trinajstić information content (AvgIpc) is 3.20. The van der Waals surface area contributed by atoms with Gasteiger partial charge in [0.1, 0.15) is 6.04 Å². The van der Waals surface area contributed by atoms with Crippen molar-refractivity contribution >= 4 is 17.4 Å². The summed E-state index contributed by atoms with van der Waals surface area (Å²) in [4.78, 5) is 19.9. The van der Waals surface area contributed by atoms with Crippen LogP contribution in [0, 0.1) is 6.92 Å². The molecule has 0 aliphatic heterocycles. The van der Waals surface area contributed by atoms with Gasteiger partial charge in [-0.3, -0.25) is 0 Å². The fraction of sp³-hybridized carbons (Fsp3) is 0.588. The molecule has 2 heterocycles. The van der Waals surface area contributed by atoms with Crippen LogP contribution >= 0.6 is 11.3 Å². The molecule has 0 saturated carbocycles. The summed E-state index contributed by atoms with van der Waals surface area (Å²) in [6.45, 7) is 9.40. The summed E-state index contributed by atoms with van der Waals surface area (Å²) in [6.07, 6.45) is 0. The number of ether oxygens (including phenoxy) is 1. The van der Waals surface area contributed by atoms with Crippen LogP contribution in [0.2, 0.25) is 0 Å². The molecule has 8 heteroatoms. The monoisotopic (exact) mass is 366 g/mol. The van der Waals surface area contributed by atoms with Gasteiger partial charge in [0.25, 0.3) is 0 Å². The van der Waals surface area contributed by atoms with E-state index in [1.165, 1.54) is 10.4 Å². The number of hydrogen-bond donors (Lipinski definition) is 1. The number of carbonyl (C=O) groups is 1. The maximum Gasteiger partial charge on any atom is 0.318 e. The predicted octanol–water partition coefficient (Wildman–Crippen LogP) is 3.48. The van der Waals surface area contributed by atoms with Gasteiger partial charge in [-0.15, -0.1) is 11.3 Å². The number of urea groups is 1. The molecular weight excluding hydrogens is 340 g/mol. The molecule has 2 rings (SSSR count). The van der Waals surface area contributed by atoms with Crippen LogP contribution in [0.4, 0.5) is 4.79 Å². The minimum Gasteiger partial charge on any atom is -0.383 e. The van der Waals surface area contributed by atoms with Gasteiger partial charge in [0.15, 0.2) is 5.82 Å². The van der Waals surface area contributed by atoms with Crippen molar-refractivity contribution in [2.75, 3.05) is 20.3 Å². The Balaban J connectivity index is 2.03. The summed E-state index contributed by atoms with van der Waals surface area (Å²) in [5, 5.41) is 8.90. The molecule has 0 aromatic carbocycles. The molecule has 0 spiro atoms. The Hall–Kier alpha value is -1.93. The Morgan fingerprint density at radius 3 is 2.76 bits per heavy atom. The van der Waals surface area contributed by atoms with Gasteiger partial charge in [-0.25, -0.2) is 4.79 Å². The predicted molar refractivity (Wildman–Crippen MR) is 96.7 cm³/mol. The van der Waals surface area contributed by atoms with Crippen LogP contribution in [0.5, 0.6) is 0 Å². The third kappa shape index (κ3) is 5.27. The summed E-state index contributed by atoms with van der Waals surface area (Å²) in [7, 11) is 1.63. The Kier molecular flexibility index (Phi) is 6.95. The fourth-order valence-electron chi connectivity index (χ4n) is 2.19.